The van der Waals surface area contributed by atoms with Crippen LogP contribution in [-0.2, 0) is 14.4 Å². The lowest BCUT2D eigenvalue weighted by molar-refractivity contribution is -0.139. The molecule has 1 aliphatic heterocycles. The van der Waals surface area contributed by atoms with Crippen molar-refractivity contribution in [1.82, 2.24) is 5.06 Å². The molecule has 0 fully saturated rings. The molecule has 1 aromatic carbocycles. The minimum Gasteiger partial charge on any atom is -0.466 e. The van der Waals surface area contributed by atoms with Gasteiger partial charge in [-0.1, -0.05) is 30.3 Å². The number of amidine groups is 1. The van der Waals surface area contributed by atoms with Crippen LogP contribution in [0.5, 0.6) is 0 Å². The Balaban J connectivity index is 2.51. The van der Waals surface area contributed by atoms with Crippen LogP contribution in [0.3, 0.4) is 0 Å². The fourth-order valence-corrected chi connectivity index (χ4v) is 2.33. The smallest absolute Gasteiger partial charge is 0.452 e. The van der Waals surface area contributed by atoms with Gasteiger partial charge in [-0.3, -0.25) is 4.99 Å². The van der Waals surface area contributed by atoms with Crippen LogP contribution in [0.4, 0.5) is 13.2 Å². The van der Waals surface area contributed by atoms with Gasteiger partial charge in [0.25, 0.3) is 0 Å². The van der Waals surface area contributed by atoms with Gasteiger partial charge in [-0.2, -0.15) is 18.2 Å². The molecular weight excluding hydrogens is 349 g/mol. The molecule has 0 saturated heterocycles. The predicted molar refractivity (Wildman–Crippen MR) is 91.0 cm³/mol. The van der Waals surface area contributed by atoms with E-state index in [0.717, 1.165) is 11.1 Å². The highest BCUT2D eigenvalue weighted by atomic mass is 19.4. The van der Waals surface area contributed by atoms with Crippen LogP contribution in [0.2, 0.25) is 0 Å². The third kappa shape index (κ3) is 3.68. The number of alkyl halides is 3. The molecular formula is C18H21F3N2O3. The van der Waals surface area contributed by atoms with E-state index in [9.17, 15) is 18.0 Å². The maximum absolute atomic E-state index is 13.5. The van der Waals surface area contributed by atoms with Crippen molar-refractivity contribution in [3.8, 4) is 0 Å². The minimum atomic E-state index is -4.71. The van der Waals surface area contributed by atoms with Crippen LogP contribution in [0.1, 0.15) is 33.3 Å². The summed E-state index contributed by atoms with van der Waals surface area (Å²) in [5.74, 6) is -1.97. The van der Waals surface area contributed by atoms with E-state index in [1.807, 2.05) is 0 Å². The fourth-order valence-electron chi connectivity index (χ4n) is 2.33. The van der Waals surface area contributed by atoms with Crippen LogP contribution < -0.4 is 0 Å². The van der Waals surface area contributed by atoms with Crippen molar-refractivity contribution in [2.75, 3.05) is 7.11 Å². The van der Waals surface area contributed by atoms with Crippen LogP contribution in [0.15, 0.2) is 41.4 Å². The number of benzene rings is 1. The van der Waals surface area contributed by atoms with E-state index < -0.39 is 29.1 Å². The van der Waals surface area contributed by atoms with Gasteiger partial charge in [0.1, 0.15) is 0 Å². The van der Waals surface area contributed by atoms with E-state index in [1.54, 1.807) is 58.0 Å². The van der Waals surface area contributed by atoms with Crippen LogP contribution in [-0.4, -0.2) is 41.2 Å². The van der Waals surface area contributed by atoms with Gasteiger partial charge in [0.05, 0.1) is 24.3 Å². The summed E-state index contributed by atoms with van der Waals surface area (Å²) in [6, 6.07) is 8.34. The molecule has 2 rings (SSSR count). The number of hydrogen-bond acceptors (Lipinski definition) is 5. The van der Waals surface area contributed by atoms with Gasteiger partial charge in [-0.15, -0.1) is 0 Å². The average Bonchev–Trinajstić information content (AvgIpc) is 2.74. The van der Waals surface area contributed by atoms with Crippen molar-refractivity contribution in [3.05, 3.63) is 42.0 Å². The Bertz CT molecular complexity index is 738. The molecule has 0 bridgehead atoms. The number of halogens is 3. The molecule has 0 amide bonds. The Morgan fingerprint density at radius 1 is 1.15 bits per heavy atom. The van der Waals surface area contributed by atoms with E-state index in [-0.39, 0.29) is 5.76 Å². The lowest BCUT2D eigenvalue weighted by Crippen LogP contribution is -2.54. The number of esters is 1. The lowest BCUT2D eigenvalue weighted by atomic mass is 9.84. The third-order valence-electron chi connectivity index (χ3n) is 4.53. The highest BCUT2D eigenvalue weighted by Crippen LogP contribution is 2.43. The molecule has 142 valence electrons. The van der Waals surface area contributed by atoms with Crippen molar-refractivity contribution < 1.29 is 27.5 Å². The zero-order valence-electron chi connectivity index (χ0n) is 15.2. The standard InChI is InChI=1S/C18H21F3N2O3/c1-16(2)17(3,4)23(15(22-16)18(19,20)21)26-13(11-14(24)25-5)12-9-7-6-8-10-12/h6-11H,1-5H3/b13-11-. The quantitative estimate of drug-likeness (QED) is 0.457. The van der Waals surface area contributed by atoms with Gasteiger partial charge in [-0.25, -0.2) is 4.79 Å². The second kappa shape index (κ2) is 6.66. The number of aliphatic imine (C=N–C) groups is 1. The Morgan fingerprint density at radius 3 is 2.23 bits per heavy atom. The van der Waals surface area contributed by atoms with Crippen LogP contribution in [0.25, 0.3) is 5.76 Å². The zero-order valence-corrected chi connectivity index (χ0v) is 15.2. The summed E-state index contributed by atoms with van der Waals surface area (Å²) in [7, 11) is 1.17. The molecule has 0 radical (unpaired) electrons. The van der Waals surface area contributed by atoms with Gasteiger partial charge in [0.15, 0.2) is 5.76 Å². The lowest BCUT2D eigenvalue weighted by Gasteiger charge is -2.40. The van der Waals surface area contributed by atoms with Gasteiger partial charge in [0.2, 0.25) is 5.84 Å². The van der Waals surface area contributed by atoms with Crippen molar-refractivity contribution in [1.29, 1.82) is 0 Å². The molecule has 1 heterocycles. The first-order valence-electron chi connectivity index (χ1n) is 7.90. The van der Waals surface area contributed by atoms with Crippen molar-refractivity contribution in [3.63, 3.8) is 0 Å². The summed E-state index contributed by atoms with van der Waals surface area (Å²) in [4.78, 5) is 21.1. The molecule has 1 aromatic rings. The van der Waals surface area contributed by atoms with Crippen molar-refractivity contribution >= 4 is 17.6 Å². The van der Waals surface area contributed by atoms with Crippen LogP contribution in [0, 0.1) is 0 Å². The Morgan fingerprint density at radius 2 is 1.73 bits per heavy atom. The Hall–Kier alpha value is -2.51. The monoisotopic (exact) mass is 370 g/mol. The van der Waals surface area contributed by atoms with Crippen LogP contribution >= 0.6 is 0 Å². The molecule has 0 unspecified atom stereocenters. The first-order valence-corrected chi connectivity index (χ1v) is 7.90. The van der Waals surface area contributed by atoms with Gasteiger partial charge < -0.3 is 9.57 Å². The molecule has 0 atom stereocenters. The first kappa shape index (κ1) is 19.8. The number of ether oxygens (including phenoxy) is 1. The Kier molecular flexibility index (Phi) is 5.07. The number of carbonyl (C=O) groups excluding carboxylic acids is 1. The van der Waals surface area contributed by atoms with Crippen molar-refractivity contribution in [2.45, 2.75) is 44.9 Å². The number of methoxy groups -OCH3 is 1. The third-order valence-corrected chi connectivity index (χ3v) is 4.53. The van der Waals surface area contributed by atoms with E-state index >= 15 is 0 Å². The number of hydrogen-bond donors (Lipinski definition) is 0. The molecule has 0 N–H and O–H groups in total. The van der Waals surface area contributed by atoms with E-state index in [2.05, 4.69) is 9.73 Å². The van der Waals surface area contributed by atoms with E-state index in [4.69, 9.17) is 4.84 Å². The second-order valence-corrected chi connectivity index (χ2v) is 6.83. The zero-order chi connectivity index (χ0) is 19.8. The van der Waals surface area contributed by atoms with Crippen molar-refractivity contribution in [2.24, 2.45) is 4.99 Å². The average molecular weight is 370 g/mol. The molecule has 0 aromatic heterocycles. The second-order valence-electron chi connectivity index (χ2n) is 6.83. The summed E-state index contributed by atoms with van der Waals surface area (Å²) < 4.78 is 45.1. The van der Waals surface area contributed by atoms with Gasteiger partial charge in [-0.05, 0) is 27.7 Å². The summed E-state index contributed by atoms with van der Waals surface area (Å²) in [5.41, 5.74) is -1.76. The number of carbonyl (C=O) groups is 1. The highest BCUT2D eigenvalue weighted by Gasteiger charge is 2.58. The molecule has 26 heavy (non-hydrogen) atoms. The molecule has 8 heteroatoms. The molecule has 0 spiro atoms. The first-order chi connectivity index (χ1) is 11.9. The van der Waals surface area contributed by atoms with Gasteiger partial charge in [0, 0.05) is 5.56 Å². The number of hydroxylamine groups is 2. The number of rotatable bonds is 4. The van der Waals surface area contributed by atoms with E-state index in [1.165, 1.54) is 7.11 Å². The Labute approximate surface area is 150 Å². The largest absolute Gasteiger partial charge is 0.466 e. The summed E-state index contributed by atoms with van der Waals surface area (Å²) >= 11 is 0. The maximum Gasteiger partial charge on any atom is 0.452 e. The summed E-state index contributed by atoms with van der Waals surface area (Å²) in [5, 5.41) is 0.717. The van der Waals surface area contributed by atoms with Gasteiger partial charge >= 0.3 is 12.1 Å². The summed E-state index contributed by atoms with van der Waals surface area (Å²) in [6.07, 6.45) is -3.71. The summed E-state index contributed by atoms with van der Waals surface area (Å²) in [6.45, 7) is 6.37. The molecule has 0 aliphatic carbocycles. The normalized spacial score (nSPS) is 19.2. The highest BCUT2D eigenvalue weighted by molar-refractivity contribution is 5.92. The number of nitrogens with zero attached hydrogens (tertiary/aromatic N) is 2. The molecule has 0 saturated carbocycles. The SMILES string of the molecule is COC(=O)/C=C(\ON1C(C(F)(F)F)=NC(C)(C)C1(C)C)c1ccccc1. The predicted octanol–water partition coefficient (Wildman–Crippen LogP) is 3.97. The van der Waals surface area contributed by atoms with E-state index in [0.29, 0.717) is 5.56 Å². The molecule has 5 nitrogen and oxygen atoms in total. The minimum absolute atomic E-state index is 0.0693. The maximum atomic E-state index is 13.5. The fraction of sp³-hybridized carbons (Fsp3) is 0.444. The topological polar surface area (TPSA) is 51.1 Å². The molecule has 1 aliphatic rings.